The lowest BCUT2D eigenvalue weighted by molar-refractivity contribution is 0.171. The summed E-state index contributed by atoms with van der Waals surface area (Å²) in [4.78, 5) is 0. The summed E-state index contributed by atoms with van der Waals surface area (Å²) in [6, 6.07) is 2.29. The van der Waals surface area contributed by atoms with Crippen molar-refractivity contribution in [2.45, 2.75) is 19.4 Å². The molecule has 1 aromatic heterocycles. The smallest absolute Gasteiger partial charge is 0.173 e. The van der Waals surface area contributed by atoms with Gasteiger partial charge in [0.2, 0.25) is 0 Å². The van der Waals surface area contributed by atoms with E-state index in [9.17, 15) is 0 Å². The predicted molar refractivity (Wildman–Crippen MR) is 63.9 cm³/mol. The molecule has 3 nitrogen and oxygen atoms in total. The lowest BCUT2D eigenvalue weighted by Crippen LogP contribution is -2.24. The number of nitrogens with one attached hydrogen (secondary N) is 1. The summed E-state index contributed by atoms with van der Waals surface area (Å²) >= 11 is 3.41. The molecule has 2 unspecified atom stereocenters. The van der Waals surface area contributed by atoms with Gasteiger partial charge in [-0.05, 0) is 41.4 Å². The molecule has 1 N–H and O–H groups in total. The second-order valence-corrected chi connectivity index (χ2v) is 4.39. The molecule has 1 rings (SSSR count). The number of methoxy groups -OCH3 is 1. The first-order valence-electron chi connectivity index (χ1n) is 5.09. The molecule has 0 saturated heterocycles. The molecule has 15 heavy (non-hydrogen) atoms. The van der Waals surface area contributed by atoms with Gasteiger partial charge >= 0.3 is 0 Å². The van der Waals surface area contributed by atoms with Crippen molar-refractivity contribution >= 4 is 15.9 Å². The lowest BCUT2D eigenvalue weighted by atomic mass is 9.94. The molecule has 4 heteroatoms. The minimum absolute atomic E-state index is 0.299. The Morgan fingerprint density at radius 3 is 2.80 bits per heavy atom. The fourth-order valence-corrected chi connectivity index (χ4v) is 2.23. The highest BCUT2D eigenvalue weighted by Gasteiger charge is 2.21. The maximum Gasteiger partial charge on any atom is 0.173 e. The number of furan rings is 1. The Kier molecular flexibility index (Phi) is 5.36. The van der Waals surface area contributed by atoms with Gasteiger partial charge < -0.3 is 14.5 Å². The van der Waals surface area contributed by atoms with Crippen LogP contribution in [0.5, 0.6) is 0 Å². The molecule has 0 amide bonds. The van der Waals surface area contributed by atoms with Gasteiger partial charge in [0.15, 0.2) is 4.67 Å². The molecule has 1 aromatic rings. The van der Waals surface area contributed by atoms with E-state index < -0.39 is 0 Å². The predicted octanol–water partition coefficient (Wildman–Crippen LogP) is 2.98. The monoisotopic (exact) mass is 275 g/mol. The molecule has 0 aromatic carbocycles. The fraction of sp³-hybridized carbons (Fsp3) is 0.636. The zero-order valence-corrected chi connectivity index (χ0v) is 11.0. The van der Waals surface area contributed by atoms with Crippen LogP contribution in [0.1, 0.15) is 24.9 Å². The third-order valence-corrected chi connectivity index (χ3v) is 3.28. The highest BCUT2D eigenvalue weighted by molar-refractivity contribution is 9.10. The molecule has 86 valence electrons. The molecule has 0 saturated carbocycles. The average molecular weight is 276 g/mol. The van der Waals surface area contributed by atoms with Gasteiger partial charge in [-0.25, -0.2) is 0 Å². The van der Waals surface area contributed by atoms with Crippen molar-refractivity contribution in [1.29, 1.82) is 0 Å². The second-order valence-electron chi connectivity index (χ2n) is 3.67. The maximum atomic E-state index is 5.25. The van der Waals surface area contributed by atoms with E-state index in [4.69, 9.17) is 9.15 Å². The van der Waals surface area contributed by atoms with E-state index in [1.807, 2.05) is 13.1 Å². The Morgan fingerprint density at radius 1 is 1.60 bits per heavy atom. The molecular weight excluding hydrogens is 258 g/mol. The summed E-state index contributed by atoms with van der Waals surface area (Å²) in [6.45, 7) is 2.99. The topological polar surface area (TPSA) is 34.4 Å². The van der Waals surface area contributed by atoms with Crippen molar-refractivity contribution in [3.63, 3.8) is 0 Å². The third-order valence-electron chi connectivity index (χ3n) is 2.64. The van der Waals surface area contributed by atoms with Crippen molar-refractivity contribution in [3.05, 3.63) is 22.6 Å². The molecule has 2 atom stereocenters. The van der Waals surface area contributed by atoms with E-state index in [0.717, 1.165) is 17.7 Å². The molecule has 0 bridgehead atoms. The van der Waals surface area contributed by atoms with Crippen LogP contribution in [0.25, 0.3) is 0 Å². The van der Waals surface area contributed by atoms with Crippen LogP contribution in [0, 0.1) is 5.92 Å². The molecule has 0 spiro atoms. The summed E-state index contributed by atoms with van der Waals surface area (Å²) in [7, 11) is 3.70. The summed E-state index contributed by atoms with van der Waals surface area (Å²) in [5.41, 5.74) is 1.17. The zero-order chi connectivity index (χ0) is 11.3. The summed E-state index contributed by atoms with van der Waals surface area (Å²) < 4.78 is 11.2. The maximum absolute atomic E-state index is 5.25. The molecule has 0 fully saturated rings. The summed E-state index contributed by atoms with van der Waals surface area (Å²) in [5.74, 6) is 0.504. The minimum Gasteiger partial charge on any atom is -0.457 e. The van der Waals surface area contributed by atoms with Gasteiger partial charge in [-0.2, -0.15) is 0 Å². The Balaban J connectivity index is 2.67. The van der Waals surface area contributed by atoms with E-state index >= 15 is 0 Å². The summed E-state index contributed by atoms with van der Waals surface area (Å²) in [6.07, 6.45) is 2.73. The number of hydrogen-bond donors (Lipinski definition) is 1. The number of rotatable bonds is 6. The third kappa shape index (κ3) is 3.33. The number of halogens is 1. The van der Waals surface area contributed by atoms with Crippen LogP contribution in [-0.2, 0) is 4.74 Å². The van der Waals surface area contributed by atoms with Crippen molar-refractivity contribution in [1.82, 2.24) is 5.32 Å². The highest BCUT2D eigenvalue weighted by Crippen LogP contribution is 2.30. The van der Waals surface area contributed by atoms with Crippen molar-refractivity contribution in [2.24, 2.45) is 5.92 Å². The quantitative estimate of drug-likeness (QED) is 0.867. The van der Waals surface area contributed by atoms with Crippen LogP contribution >= 0.6 is 15.9 Å². The van der Waals surface area contributed by atoms with E-state index in [1.165, 1.54) is 5.56 Å². The lowest BCUT2D eigenvalue weighted by Gasteiger charge is -2.22. The highest BCUT2D eigenvalue weighted by atomic mass is 79.9. The van der Waals surface area contributed by atoms with Gasteiger partial charge in [0, 0.05) is 25.3 Å². The average Bonchev–Trinajstić information content (AvgIpc) is 2.63. The minimum atomic E-state index is 0.299. The van der Waals surface area contributed by atoms with E-state index in [0.29, 0.717) is 12.0 Å². The molecule has 0 aliphatic heterocycles. The standard InChI is InChI=1S/C11H18BrNO2/c1-8(4-6-14-3)10(13-2)9-5-7-15-11(9)12/h5,7-8,10,13H,4,6H2,1-3H3. The largest absolute Gasteiger partial charge is 0.457 e. The Bertz CT molecular complexity index is 288. The fourth-order valence-electron chi connectivity index (χ4n) is 1.74. The first kappa shape index (κ1) is 12.7. The first-order valence-corrected chi connectivity index (χ1v) is 5.89. The zero-order valence-electron chi connectivity index (χ0n) is 9.42. The second kappa shape index (κ2) is 6.30. The first-order chi connectivity index (χ1) is 7.20. The molecule has 1 heterocycles. The van der Waals surface area contributed by atoms with Crippen LogP contribution in [0.3, 0.4) is 0 Å². The van der Waals surface area contributed by atoms with Crippen LogP contribution in [0.15, 0.2) is 21.4 Å². The van der Waals surface area contributed by atoms with Gasteiger partial charge in [-0.1, -0.05) is 6.92 Å². The summed E-state index contributed by atoms with van der Waals surface area (Å²) in [5, 5.41) is 3.31. The van der Waals surface area contributed by atoms with Crippen LogP contribution in [0.4, 0.5) is 0 Å². The van der Waals surface area contributed by atoms with Crippen molar-refractivity contribution in [2.75, 3.05) is 20.8 Å². The van der Waals surface area contributed by atoms with Crippen LogP contribution < -0.4 is 5.32 Å². The number of hydrogen-bond acceptors (Lipinski definition) is 3. The SMILES string of the molecule is CNC(c1ccoc1Br)C(C)CCOC. The van der Waals surface area contributed by atoms with Gasteiger partial charge in [0.25, 0.3) is 0 Å². The molecule has 0 aliphatic carbocycles. The Labute approximate surface area is 99.3 Å². The van der Waals surface area contributed by atoms with Crippen molar-refractivity contribution in [3.8, 4) is 0 Å². The van der Waals surface area contributed by atoms with Gasteiger partial charge in [-0.15, -0.1) is 0 Å². The van der Waals surface area contributed by atoms with E-state index in [-0.39, 0.29) is 0 Å². The van der Waals surface area contributed by atoms with Gasteiger partial charge in [0.1, 0.15) is 0 Å². The normalized spacial score (nSPS) is 15.2. The molecule has 0 aliphatic rings. The van der Waals surface area contributed by atoms with Crippen LogP contribution in [0.2, 0.25) is 0 Å². The number of ether oxygens (including phenoxy) is 1. The molecule has 0 radical (unpaired) electrons. The Hall–Kier alpha value is -0.320. The molecular formula is C11H18BrNO2. The van der Waals surface area contributed by atoms with Crippen molar-refractivity contribution < 1.29 is 9.15 Å². The van der Waals surface area contributed by atoms with E-state index in [2.05, 4.69) is 28.2 Å². The Morgan fingerprint density at radius 2 is 2.33 bits per heavy atom. The van der Waals surface area contributed by atoms with Gasteiger partial charge in [0.05, 0.1) is 6.26 Å². The van der Waals surface area contributed by atoms with Crippen LogP contribution in [-0.4, -0.2) is 20.8 Å². The van der Waals surface area contributed by atoms with Gasteiger partial charge in [-0.3, -0.25) is 0 Å². The van der Waals surface area contributed by atoms with E-state index in [1.54, 1.807) is 13.4 Å².